The van der Waals surface area contributed by atoms with E-state index in [2.05, 4.69) is 80.4 Å². The fourth-order valence-corrected chi connectivity index (χ4v) is 5.23. The molecule has 0 aliphatic heterocycles. The van der Waals surface area contributed by atoms with Crippen LogP contribution in [-0.4, -0.2) is 5.78 Å². The van der Waals surface area contributed by atoms with E-state index in [1.165, 1.54) is 11.1 Å². The molecule has 0 unspecified atom stereocenters. The largest absolute Gasteiger partial charge is 0.457 e. The van der Waals surface area contributed by atoms with Crippen LogP contribution < -0.4 is 9.47 Å². The summed E-state index contributed by atoms with van der Waals surface area (Å²) in [4.78, 5) is 12.9. The van der Waals surface area contributed by atoms with Gasteiger partial charge >= 0.3 is 0 Å². The van der Waals surface area contributed by atoms with E-state index in [1.54, 1.807) is 30.3 Å². The molecule has 0 bridgehead atoms. The Labute approximate surface area is 249 Å². The molecule has 5 heteroatoms. The fraction of sp³-hybridized carbons (Fsp3) is 0. The van der Waals surface area contributed by atoms with Gasteiger partial charge in [-0.1, -0.05) is 80.4 Å². The van der Waals surface area contributed by atoms with Gasteiger partial charge in [-0.15, -0.1) is 0 Å². The highest BCUT2D eigenvalue weighted by Crippen LogP contribution is 2.31. The van der Waals surface area contributed by atoms with Gasteiger partial charge in [0.1, 0.15) is 23.0 Å². The Morgan fingerprint density at radius 2 is 1.07 bits per heavy atom. The van der Waals surface area contributed by atoms with Crippen LogP contribution in [0.4, 0.5) is 0 Å². The minimum Gasteiger partial charge on any atom is -0.457 e. The van der Waals surface area contributed by atoms with Gasteiger partial charge in [0, 0.05) is 20.1 Å². The van der Waals surface area contributed by atoms with E-state index in [0.717, 1.165) is 25.5 Å². The summed E-state index contributed by atoms with van der Waals surface area (Å²) < 4.78 is 13.7. The minimum atomic E-state index is -0.0634. The first-order chi connectivity index (χ1) is 19.5. The average molecular weight is 650 g/mol. The smallest absolute Gasteiger partial charge is 0.194 e. The van der Waals surface area contributed by atoms with Crippen molar-refractivity contribution in [3.8, 4) is 34.1 Å². The molecular weight excluding hydrogens is 628 g/mol. The summed E-state index contributed by atoms with van der Waals surface area (Å²) in [5.74, 6) is 2.74. The van der Waals surface area contributed by atoms with Crippen molar-refractivity contribution in [2.75, 3.05) is 0 Å². The van der Waals surface area contributed by atoms with Gasteiger partial charge in [0.05, 0.1) is 0 Å². The standard InChI is InChI=1S/C35H22Br2O3/c36-28-11-19-34(37)33(22-28)35(38)24-8-12-29(13-9-24)39-30-15-17-31(18-16-30)40-32-14-10-26-20-25(6-7-27(26)21-32)23-4-2-1-3-5-23/h1-22H. The summed E-state index contributed by atoms with van der Waals surface area (Å²) >= 11 is 6.88. The second-order valence-electron chi connectivity index (χ2n) is 9.24. The van der Waals surface area contributed by atoms with Gasteiger partial charge in [-0.2, -0.15) is 0 Å². The highest BCUT2D eigenvalue weighted by atomic mass is 79.9. The van der Waals surface area contributed by atoms with Crippen LogP contribution in [-0.2, 0) is 0 Å². The van der Waals surface area contributed by atoms with Crippen molar-refractivity contribution in [2.24, 2.45) is 0 Å². The van der Waals surface area contributed by atoms with Gasteiger partial charge in [0.15, 0.2) is 5.78 Å². The topological polar surface area (TPSA) is 35.5 Å². The van der Waals surface area contributed by atoms with Crippen molar-refractivity contribution in [1.82, 2.24) is 0 Å². The lowest BCUT2D eigenvalue weighted by Crippen LogP contribution is -2.02. The van der Waals surface area contributed by atoms with Gasteiger partial charge in [0.25, 0.3) is 0 Å². The molecular formula is C35H22Br2O3. The maximum atomic E-state index is 12.9. The van der Waals surface area contributed by atoms with Crippen LogP contribution >= 0.6 is 31.9 Å². The zero-order valence-electron chi connectivity index (χ0n) is 21.2. The second-order valence-corrected chi connectivity index (χ2v) is 11.0. The first-order valence-electron chi connectivity index (χ1n) is 12.7. The van der Waals surface area contributed by atoms with Crippen LogP contribution in [0.15, 0.2) is 142 Å². The molecule has 0 aliphatic carbocycles. The summed E-state index contributed by atoms with van der Waals surface area (Å²) in [6, 6.07) is 43.1. The number of rotatable bonds is 7. The molecule has 0 aliphatic rings. The van der Waals surface area contributed by atoms with Gasteiger partial charge in [-0.05, 0) is 107 Å². The van der Waals surface area contributed by atoms with Gasteiger partial charge in [0.2, 0.25) is 0 Å². The Morgan fingerprint density at radius 3 is 1.77 bits per heavy atom. The normalized spacial score (nSPS) is 10.8. The lowest BCUT2D eigenvalue weighted by Gasteiger charge is -2.10. The molecule has 0 radical (unpaired) electrons. The Bertz CT molecular complexity index is 1810. The molecule has 0 saturated heterocycles. The van der Waals surface area contributed by atoms with E-state index in [1.807, 2.05) is 54.6 Å². The number of ether oxygens (including phenoxy) is 2. The molecule has 0 heterocycles. The molecule has 3 nitrogen and oxygen atoms in total. The molecule has 0 N–H and O–H groups in total. The van der Waals surface area contributed by atoms with Crippen molar-refractivity contribution in [3.63, 3.8) is 0 Å². The summed E-state index contributed by atoms with van der Waals surface area (Å²) in [7, 11) is 0. The third-order valence-corrected chi connectivity index (χ3v) is 7.69. The summed E-state index contributed by atoms with van der Waals surface area (Å²) in [5, 5.41) is 2.28. The molecule has 0 atom stereocenters. The predicted molar refractivity (Wildman–Crippen MR) is 168 cm³/mol. The van der Waals surface area contributed by atoms with Crippen LogP contribution in [0.25, 0.3) is 21.9 Å². The Balaban J connectivity index is 1.11. The van der Waals surface area contributed by atoms with Crippen molar-refractivity contribution >= 4 is 48.4 Å². The zero-order valence-corrected chi connectivity index (χ0v) is 24.4. The predicted octanol–water partition coefficient (Wildman–Crippen LogP) is 10.8. The number of carbonyl (C=O) groups excluding carboxylic acids is 1. The quantitative estimate of drug-likeness (QED) is 0.161. The molecule has 0 amide bonds. The molecule has 0 spiro atoms. The average Bonchev–Trinajstić information content (AvgIpc) is 2.99. The molecule has 6 rings (SSSR count). The van der Waals surface area contributed by atoms with Gasteiger partial charge in [-0.3, -0.25) is 4.79 Å². The maximum Gasteiger partial charge on any atom is 0.194 e. The Hall–Kier alpha value is -4.19. The Morgan fingerprint density at radius 1 is 0.500 bits per heavy atom. The fourth-order valence-electron chi connectivity index (χ4n) is 4.45. The Kier molecular flexibility index (Phi) is 7.49. The van der Waals surface area contributed by atoms with E-state index in [9.17, 15) is 4.79 Å². The number of fused-ring (bicyclic) bond motifs is 1. The maximum absolute atomic E-state index is 12.9. The summed E-state index contributed by atoms with van der Waals surface area (Å²) in [6.07, 6.45) is 0. The monoisotopic (exact) mass is 648 g/mol. The van der Waals surface area contributed by atoms with E-state index in [0.29, 0.717) is 28.4 Å². The number of hydrogen-bond acceptors (Lipinski definition) is 3. The van der Waals surface area contributed by atoms with Crippen molar-refractivity contribution in [2.45, 2.75) is 0 Å². The molecule has 6 aromatic carbocycles. The lowest BCUT2D eigenvalue weighted by molar-refractivity contribution is 0.103. The van der Waals surface area contributed by atoms with Crippen molar-refractivity contribution in [3.05, 3.63) is 154 Å². The van der Waals surface area contributed by atoms with E-state index >= 15 is 0 Å². The number of carbonyl (C=O) groups is 1. The van der Waals surface area contributed by atoms with Crippen LogP contribution in [0.5, 0.6) is 23.0 Å². The van der Waals surface area contributed by atoms with E-state index in [4.69, 9.17) is 9.47 Å². The van der Waals surface area contributed by atoms with Crippen molar-refractivity contribution < 1.29 is 14.3 Å². The first kappa shape index (κ1) is 26.1. The number of hydrogen-bond donors (Lipinski definition) is 0. The van der Waals surface area contributed by atoms with E-state index in [-0.39, 0.29) is 5.78 Å². The highest BCUT2D eigenvalue weighted by Gasteiger charge is 2.13. The third kappa shape index (κ3) is 5.86. The van der Waals surface area contributed by atoms with Gasteiger partial charge in [-0.25, -0.2) is 0 Å². The SMILES string of the molecule is O=C(c1ccc(Oc2ccc(Oc3ccc4cc(-c5ccccc5)ccc4c3)cc2)cc1)c1cc(Br)ccc1Br. The molecule has 0 aromatic heterocycles. The number of halogens is 2. The molecule has 194 valence electrons. The van der Waals surface area contributed by atoms with Crippen LogP contribution in [0.2, 0.25) is 0 Å². The first-order valence-corrected chi connectivity index (χ1v) is 14.3. The van der Waals surface area contributed by atoms with Gasteiger partial charge < -0.3 is 9.47 Å². The number of benzene rings is 6. The van der Waals surface area contributed by atoms with E-state index < -0.39 is 0 Å². The second kappa shape index (κ2) is 11.5. The lowest BCUT2D eigenvalue weighted by atomic mass is 10.0. The van der Waals surface area contributed by atoms with Crippen LogP contribution in [0, 0.1) is 0 Å². The minimum absolute atomic E-state index is 0.0634. The van der Waals surface area contributed by atoms with Crippen LogP contribution in [0.3, 0.4) is 0 Å². The summed E-state index contributed by atoms with van der Waals surface area (Å²) in [5.41, 5.74) is 3.57. The number of ketones is 1. The third-order valence-electron chi connectivity index (χ3n) is 6.50. The molecule has 0 saturated carbocycles. The molecule has 40 heavy (non-hydrogen) atoms. The van der Waals surface area contributed by atoms with Crippen molar-refractivity contribution in [1.29, 1.82) is 0 Å². The highest BCUT2D eigenvalue weighted by molar-refractivity contribution is 9.11. The zero-order chi connectivity index (χ0) is 27.5. The molecule has 0 fully saturated rings. The summed E-state index contributed by atoms with van der Waals surface area (Å²) in [6.45, 7) is 0. The van der Waals surface area contributed by atoms with Crippen LogP contribution in [0.1, 0.15) is 15.9 Å². The molecule has 6 aromatic rings.